The third-order valence-corrected chi connectivity index (χ3v) is 4.43. The molecule has 0 aromatic carbocycles. The molecule has 2 rings (SSSR count). The molecule has 0 amide bonds. The molecule has 1 unspecified atom stereocenters. The van der Waals surface area contributed by atoms with Gasteiger partial charge in [0.15, 0.2) is 0 Å². The van der Waals surface area contributed by atoms with E-state index in [0.29, 0.717) is 11.5 Å². The van der Waals surface area contributed by atoms with Crippen molar-refractivity contribution in [2.24, 2.45) is 5.41 Å². The summed E-state index contributed by atoms with van der Waals surface area (Å²) < 4.78 is 0. The predicted octanol–water partition coefficient (Wildman–Crippen LogP) is 2.73. The highest BCUT2D eigenvalue weighted by molar-refractivity contribution is 7.09. The van der Waals surface area contributed by atoms with Crippen LogP contribution in [0.1, 0.15) is 37.3 Å². The van der Waals surface area contributed by atoms with Crippen LogP contribution in [0.4, 0.5) is 0 Å². The molecule has 0 bridgehead atoms. The monoisotopic (exact) mass is 210 g/mol. The molecule has 1 heterocycles. The zero-order valence-electron chi connectivity index (χ0n) is 9.13. The second kappa shape index (κ2) is 3.63. The molecule has 1 aliphatic rings. The van der Waals surface area contributed by atoms with Gasteiger partial charge in [-0.15, -0.1) is 11.3 Å². The van der Waals surface area contributed by atoms with E-state index >= 15 is 0 Å². The number of thiazole rings is 1. The number of aryl methyl sites for hydroxylation is 1. The molecule has 1 aromatic heterocycles. The van der Waals surface area contributed by atoms with E-state index in [4.69, 9.17) is 0 Å². The van der Waals surface area contributed by atoms with Crippen LogP contribution in [0.15, 0.2) is 5.51 Å². The molecule has 1 aromatic rings. The number of hydrogen-bond donors (Lipinski definition) is 1. The lowest BCUT2D eigenvalue weighted by Gasteiger charge is -2.19. The van der Waals surface area contributed by atoms with Gasteiger partial charge in [-0.3, -0.25) is 0 Å². The Morgan fingerprint density at radius 3 is 2.86 bits per heavy atom. The Hall–Kier alpha value is -0.410. The lowest BCUT2D eigenvalue weighted by Crippen LogP contribution is -2.32. The summed E-state index contributed by atoms with van der Waals surface area (Å²) in [6.45, 7) is 7.72. The summed E-state index contributed by atoms with van der Waals surface area (Å²) in [5.74, 6) is 0. The Kier molecular flexibility index (Phi) is 2.62. The molecular formula is C11H18N2S. The minimum atomic E-state index is 0.568. The first-order chi connectivity index (χ1) is 6.62. The molecule has 3 heteroatoms. The van der Waals surface area contributed by atoms with Crippen LogP contribution in [-0.4, -0.2) is 11.0 Å². The van der Waals surface area contributed by atoms with Crippen LogP contribution in [0.2, 0.25) is 0 Å². The van der Waals surface area contributed by atoms with Crippen molar-refractivity contribution in [3.8, 4) is 0 Å². The molecule has 1 aliphatic carbocycles. The fourth-order valence-corrected chi connectivity index (χ4v) is 2.35. The largest absolute Gasteiger partial charge is 0.309 e. The molecule has 0 aliphatic heterocycles. The van der Waals surface area contributed by atoms with E-state index in [0.717, 1.165) is 6.54 Å². The highest BCUT2D eigenvalue weighted by Gasteiger charge is 2.42. The van der Waals surface area contributed by atoms with Crippen molar-refractivity contribution >= 4 is 11.3 Å². The maximum absolute atomic E-state index is 4.25. The van der Waals surface area contributed by atoms with E-state index in [1.165, 1.54) is 23.4 Å². The average Bonchev–Trinajstić information content (AvgIpc) is 2.77. The van der Waals surface area contributed by atoms with Crippen LogP contribution in [0.3, 0.4) is 0 Å². The topological polar surface area (TPSA) is 24.9 Å². The number of nitrogens with zero attached hydrogens (tertiary/aromatic N) is 1. The molecular weight excluding hydrogens is 192 g/mol. The molecule has 14 heavy (non-hydrogen) atoms. The van der Waals surface area contributed by atoms with Gasteiger partial charge in [0.2, 0.25) is 0 Å². The highest BCUT2D eigenvalue weighted by Crippen LogP contribution is 2.47. The van der Waals surface area contributed by atoms with Crippen molar-refractivity contribution in [1.82, 2.24) is 10.3 Å². The molecule has 0 saturated heterocycles. The van der Waals surface area contributed by atoms with Gasteiger partial charge in [0.25, 0.3) is 0 Å². The summed E-state index contributed by atoms with van der Waals surface area (Å²) in [5, 5.41) is 3.60. The lowest BCUT2D eigenvalue weighted by molar-refractivity contribution is 0.380. The summed E-state index contributed by atoms with van der Waals surface area (Å²) in [5.41, 5.74) is 3.67. The molecule has 1 saturated carbocycles. The van der Waals surface area contributed by atoms with E-state index in [9.17, 15) is 0 Å². The van der Waals surface area contributed by atoms with Gasteiger partial charge in [0, 0.05) is 17.5 Å². The van der Waals surface area contributed by atoms with Gasteiger partial charge in [0.1, 0.15) is 0 Å². The summed E-state index contributed by atoms with van der Waals surface area (Å²) in [4.78, 5) is 5.63. The minimum absolute atomic E-state index is 0.568. The van der Waals surface area contributed by atoms with Gasteiger partial charge in [-0.25, -0.2) is 4.98 Å². The Labute approximate surface area is 89.8 Å². The zero-order chi connectivity index (χ0) is 10.2. The molecule has 2 nitrogen and oxygen atoms in total. The van der Waals surface area contributed by atoms with Crippen molar-refractivity contribution < 1.29 is 0 Å². The highest BCUT2D eigenvalue weighted by atomic mass is 32.1. The first kappa shape index (κ1) is 10.1. The van der Waals surface area contributed by atoms with Crippen LogP contribution in [-0.2, 0) is 6.54 Å². The first-order valence-corrected chi connectivity index (χ1v) is 6.12. The van der Waals surface area contributed by atoms with Crippen LogP contribution < -0.4 is 5.32 Å². The molecule has 1 fully saturated rings. The second-order valence-electron chi connectivity index (χ2n) is 4.62. The van der Waals surface area contributed by atoms with E-state index in [2.05, 4.69) is 31.1 Å². The van der Waals surface area contributed by atoms with Gasteiger partial charge in [-0.1, -0.05) is 6.92 Å². The quantitative estimate of drug-likeness (QED) is 0.826. The van der Waals surface area contributed by atoms with Gasteiger partial charge in [0.05, 0.1) is 11.2 Å². The van der Waals surface area contributed by atoms with E-state index in [1.807, 2.05) is 5.51 Å². The van der Waals surface area contributed by atoms with E-state index in [1.54, 1.807) is 11.3 Å². The number of rotatable bonds is 4. The van der Waals surface area contributed by atoms with Crippen molar-refractivity contribution in [2.45, 2.75) is 46.2 Å². The average molecular weight is 210 g/mol. The van der Waals surface area contributed by atoms with Gasteiger partial charge >= 0.3 is 0 Å². The maximum Gasteiger partial charge on any atom is 0.0798 e. The van der Waals surface area contributed by atoms with Crippen molar-refractivity contribution in [3.05, 3.63) is 16.1 Å². The van der Waals surface area contributed by atoms with Crippen LogP contribution in [0, 0.1) is 12.3 Å². The van der Waals surface area contributed by atoms with Crippen LogP contribution >= 0.6 is 11.3 Å². The maximum atomic E-state index is 4.25. The van der Waals surface area contributed by atoms with Gasteiger partial charge < -0.3 is 5.32 Å². The Morgan fingerprint density at radius 2 is 2.36 bits per heavy atom. The molecule has 1 N–H and O–H groups in total. The number of aromatic nitrogens is 1. The Balaban J connectivity index is 1.85. The zero-order valence-corrected chi connectivity index (χ0v) is 9.95. The Bertz CT molecular complexity index is 315. The summed E-state index contributed by atoms with van der Waals surface area (Å²) >= 11 is 1.75. The van der Waals surface area contributed by atoms with Crippen molar-refractivity contribution in [2.75, 3.05) is 0 Å². The predicted molar refractivity (Wildman–Crippen MR) is 60.5 cm³/mol. The summed E-state index contributed by atoms with van der Waals surface area (Å²) in [6.07, 6.45) is 2.76. The van der Waals surface area contributed by atoms with Crippen molar-refractivity contribution in [1.29, 1.82) is 0 Å². The van der Waals surface area contributed by atoms with Gasteiger partial charge in [-0.2, -0.15) is 0 Å². The lowest BCUT2D eigenvalue weighted by atomic mass is 10.0. The van der Waals surface area contributed by atoms with Crippen LogP contribution in [0.25, 0.3) is 0 Å². The fourth-order valence-electron chi connectivity index (χ4n) is 1.62. The first-order valence-electron chi connectivity index (χ1n) is 5.24. The molecule has 1 atom stereocenters. The fraction of sp³-hybridized carbons (Fsp3) is 0.727. The van der Waals surface area contributed by atoms with E-state index in [-0.39, 0.29) is 0 Å². The SMILES string of the molecule is Cc1ncsc1CNC(C)C1(C)CC1. The van der Waals surface area contributed by atoms with Crippen molar-refractivity contribution in [3.63, 3.8) is 0 Å². The smallest absolute Gasteiger partial charge is 0.0798 e. The van der Waals surface area contributed by atoms with Crippen LogP contribution in [0.5, 0.6) is 0 Å². The molecule has 0 radical (unpaired) electrons. The van der Waals surface area contributed by atoms with E-state index < -0.39 is 0 Å². The summed E-state index contributed by atoms with van der Waals surface area (Å²) in [7, 11) is 0. The normalized spacial score (nSPS) is 20.8. The third kappa shape index (κ3) is 1.98. The molecule has 0 spiro atoms. The second-order valence-corrected chi connectivity index (χ2v) is 5.56. The number of hydrogen-bond acceptors (Lipinski definition) is 3. The minimum Gasteiger partial charge on any atom is -0.309 e. The summed E-state index contributed by atoms with van der Waals surface area (Å²) in [6, 6.07) is 0.629. The Morgan fingerprint density at radius 1 is 1.64 bits per heavy atom. The number of nitrogens with one attached hydrogen (secondary N) is 1. The third-order valence-electron chi connectivity index (χ3n) is 3.50. The molecule has 78 valence electrons. The standard InChI is InChI=1S/C11H18N2S/c1-8-10(14-7-13-8)6-12-9(2)11(3)4-5-11/h7,9,12H,4-6H2,1-3H3. The van der Waals surface area contributed by atoms with Gasteiger partial charge in [-0.05, 0) is 32.1 Å².